The Balaban J connectivity index is 2.28. The fraction of sp³-hybridized carbons (Fsp3) is 0.368. The van der Waals surface area contributed by atoms with E-state index < -0.39 is 0 Å². The number of benzene rings is 1. The van der Waals surface area contributed by atoms with Crippen molar-refractivity contribution in [3.63, 3.8) is 0 Å². The molecule has 0 nitrogen and oxygen atoms in total. The maximum Gasteiger partial charge on any atom is -0.0219 e. The molecular weight excluding hydrogens is 228 g/mol. The molecule has 0 radical (unpaired) electrons. The lowest BCUT2D eigenvalue weighted by Gasteiger charge is -2.06. The summed E-state index contributed by atoms with van der Waals surface area (Å²) in [4.78, 5) is 0. The maximum atomic E-state index is 3.83. The lowest BCUT2D eigenvalue weighted by molar-refractivity contribution is 0.835. The van der Waals surface area contributed by atoms with Gasteiger partial charge in [-0.25, -0.2) is 0 Å². The van der Waals surface area contributed by atoms with Crippen LogP contribution in [0.5, 0.6) is 0 Å². The smallest absolute Gasteiger partial charge is 0.0219 e. The highest BCUT2D eigenvalue weighted by atomic mass is 14.0. The van der Waals surface area contributed by atoms with Gasteiger partial charge in [-0.05, 0) is 43.2 Å². The monoisotopic (exact) mass is 254 g/mol. The van der Waals surface area contributed by atoms with Gasteiger partial charge >= 0.3 is 0 Å². The van der Waals surface area contributed by atoms with E-state index in [1.165, 1.54) is 17.5 Å². The van der Waals surface area contributed by atoms with Crippen molar-refractivity contribution in [1.82, 2.24) is 0 Å². The van der Waals surface area contributed by atoms with E-state index in [1.807, 2.05) is 13.0 Å². The fourth-order valence-electron chi connectivity index (χ4n) is 1.89. The van der Waals surface area contributed by atoms with Crippen LogP contribution in [0, 0.1) is 0 Å². The van der Waals surface area contributed by atoms with Crippen LogP contribution < -0.4 is 0 Å². The fourth-order valence-corrected chi connectivity index (χ4v) is 1.89. The standard InChI is InChI=1S/C19H26/c1-16(2)10-8-6-5-7-9-11-18-12-14-19(15-13-18)17(3)4/h5-6,8,10,12-15,17H,1,7,9,11H2,2-4H3/b6-5+,10-8-. The third-order valence-electron chi connectivity index (χ3n) is 3.11. The summed E-state index contributed by atoms with van der Waals surface area (Å²) < 4.78 is 0. The van der Waals surface area contributed by atoms with Crippen LogP contribution in [0.1, 0.15) is 50.7 Å². The van der Waals surface area contributed by atoms with E-state index in [-0.39, 0.29) is 0 Å². The van der Waals surface area contributed by atoms with Crippen molar-refractivity contribution < 1.29 is 0 Å². The summed E-state index contributed by atoms with van der Waals surface area (Å²) in [5, 5.41) is 0. The molecule has 19 heavy (non-hydrogen) atoms. The van der Waals surface area contributed by atoms with Crippen molar-refractivity contribution in [3.05, 3.63) is 71.8 Å². The maximum absolute atomic E-state index is 3.83. The second-order valence-electron chi connectivity index (χ2n) is 5.42. The minimum Gasteiger partial charge on any atom is -0.0961 e. The molecule has 0 bridgehead atoms. The lowest BCUT2D eigenvalue weighted by Crippen LogP contribution is -1.89. The number of unbranched alkanes of at least 4 members (excludes halogenated alkanes) is 1. The van der Waals surface area contributed by atoms with E-state index in [9.17, 15) is 0 Å². The minimum atomic E-state index is 0.622. The second-order valence-corrected chi connectivity index (χ2v) is 5.42. The molecule has 0 atom stereocenters. The molecule has 0 spiro atoms. The Bertz CT molecular complexity index is 430. The van der Waals surface area contributed by atoms with Gasteiger partial charge in [0.05, 0.1) is 0 Å². The van der Waals surface area contributed by atoms with Gasteiger partial charge in [0.2, 0.25) is 0 Å². The van der Waals surface area contributed by atoms with Gasteiger partial charge in [0.1, 0.15) is 0 Å². The number of hydrogen-bond acceptors (Lipinski definition) is 0. The summed E-state index contributed by atoms with van der Waals surface area (Å²) in [5.41, 5.74) is 3.96. The summed E-state index contributed by atoms with van der Waals surface area (Å²) in [6.45, 7) is 10.3. The van der Waals surface area contributed by atoms with Gasteiger partial charge in [-0.15, -0.1) is 0 Å². The van der Waals surface area contributed by atoms with Crippen molar-refractivity contribution in [2.24, 2.45) is 0 Å². The molecule has 1 aromatic rings. The summed E-state index contributed by atoms with van der Waals surface area (Å²) in [6.07, 6.45) is 11.9. The number of aryl methyl sites for hydroxylation is 1. The third-order valence-corrected chi connectivity index (χ3v) is 3.11. The summed E-state index contributed by atoms with van der Waals surface area (Å²) in [7, 11) is 0. The first-order valence-electron chi connectivity index (χ1n) is 7.17. The Kier molecular flexibility index (Phi) is 6.95. The molecule has 1 rings (SSSR count). The van der Waals surface area contributed by atoms with Crippen LogP contribution in [-0.4, -0.2) is 0 Å². The van der Waals surface area contributed by atoms with Crippen molar-refractivity contribution in [1.29, 1.82) is 0 Å². The molecule has 0 aliphatic carbocycles. The highest BCUT2D eigenvalue weighted by Gasteiger charge is 1.98. The van der Waals surface area contributed by atoms with Crippen LogP contribution in [0.15, 0.2) is 60.7 Å². The van der Waals surface area contributed by atoms with Crippen molar-refractivity contribution in [2.45, 2.75) is 46.0 Å². The molecule has 0 aliphatic rings. The first kappa shape index (κ1) is 15.5. The number of hydrogen-bond donors (Lipinski definition) is 0. The third kappa shape index (κ3) is 6.81. The average molecular weight is 254 g/mol. The molecule has 0 fully saturated rings. The SMILES string of the molecule is C=C(C)/C=C\C=C\CCCc1ccc(C(C)C)cc1. The summed E-state index contributed by atoms with van der Waals surface area (Å²) >= 11 is 0. The summed E-state index contributed by atoms with van der Waals surface area (Å²) in [6, 6.07) is 9.04. The highest BCUT2D eigenvalue weighted by molar-refractivity contribution is 5.24. The Morgan fingerprint density at radius 3 is 2.42 bits per heavy atom. The molecule has 0 aliphatic heterocycles. The molecule has 0 aromatic heterocycles. The van der Waals surface area contributed by atoms with Crippen molar-refractivity contribution >= 4 is 0 Å². The molecule has 1 aromatic carbocycles. The largest absolute Gasteiger partial charge is 0.0961 e. The Hall–Kier alpha value is -1.56. The van der Waals surface area contributed by atoms with Crippen LogP contribution >= 0.6 is 0 Å². The summed E-state index contributed by atoms with van der Waals surface area (Å²) in [5.74, 6) is 0.622. The van der Waals surface area contributed by atoms with Gasteiger partial charge in [-0.3, -0.25) is 0 Å². The number of allylic oxidation sites excluding steroid dienone is 5. The normalized spacial score (nSPS) is 11.8. The van der Waals surface area contributed by atoms with Gasteiger partial charge in [0.25, 0.3) is 0 Å². The van der Waals surface area contributed by atoms with Crippen LogP contribution in [0.4, 0.5) is 0 Å². The van der Waals surface area contributed by atoms with Gasteiger partial charge in [0.15, 0.2) is 0 Å². The molecule has 0 saturated heterocycles. The molecule has 0 amide bonds. The van der Waals surface area contributed by atoms with E-state index in [0.29, 0.717) is 5.92 Å². The van der Waals surface area contributed by atoms with Crippen LogP contribution in [-0.2, 0) is 6.42 Å². The number of rotatable bonds is 7. The van der Waals surface area contributed by atoms with Crippen molar-refractivity contribution in [3.8, 4) is 0 Å². The molecule has 0 heteroatoms. The zero-order chi connectivity index (χ0) is 14.1. The average Bonchev–Trinajstić information content (AvgIpc) is 2.38. The van der Waals surface area contributed by atoms with E-state index in [4.69, 9.17) is 0 Å². The lowest BCUT2D eigenvalue weighted by atomic mass is 10.00. The van der Waals surface area contributed by atoms with Gasteiger partial charge in [-0.2, -0.15) is 0 Å². The van der Waals surface area contributed by atoms with Gasteiger partial charge in [-0.1, -0.05) is 74.6 Å². The molecule has 0 unspecified atom stereocenters. The van der Waals surface area contributed by atoms with Crippen LogP contribution in [0.2, 0.25) is 0 Å². The molecule has 0 N–H and O–H groups in total. The predicted molar refractivity (Wildman–Crippen MR) is 86.6 cm³/mol. The molecule has 102 valence electrons. The predicted octanol–water partition coefficient (Wildman–Crippen LogP) is 5.82. The Morgan fingerprint density at radius 2 is 1.84 bits per heavy atom. The Morgan fingerprint density at radius 1 is 1.16 bits per heavy atom. The first-order valence-corrected chi connectivity index (χ1v) is 7.17. The zero-order valence-electron chi connectivity index (χ0n) is 12.5. The minimum absolute atomic E-state index is 0.622. The van der Waals surface area contributed by atoms with Crippen molar-refractivity contribution in [2.75, 3.05) is 0 Å². The highest BCUT2D eigenvalue weighted by Crippen LogP contribution is 2.15. The second kappa shape index (κ2) is 8.53. The topological polar surface area (TPSA) is 0 Å². The molecule has 0 saturated carbocycles. The van der Waals surface area contributed by atoms with Gasteiger partial charge < -0.3 is 0 Å². The quantitative estimate of drug-likeness (QED) is 0.425. The van der Waals surface area contributed by atoms with E-state index in [0.717, 1.165) is 18.4 Å². The van der Waals surface area contributed by atoms with Crippen LogP contribution in [0.3, 0.4) is 0 Å². The first-order chi connectivity index (χ1) is 9.09. The van der Waals surface area contributed by atoms with E-state index in [2.05, 4.69) is 62.9 Å². The molecule has 0 heterocycles. The Labute approximate surface area is 118 Å². The zero-order valence-corrected chi connectivity index (χ0v) is 12.5. The molecular formula is C19H26. The van der Waals surface area contributed by atoms with E-state index in [1.54, 1.807) is 0 Å². The van der Waals surface area contributed by atoms with Crippen LogP contribution in [0.25, 0.3) is 0 Å². The van der Waals surface area contributed by atoms with Gasteiger partial charge in [0, 0.05) is 0 Å². The van der Waals surface area contributed by atoms with E-state index >= 15 is 0 Å².